The van der Waals surface area contributed by atoms with Crippen LogP contribution in [0.25, 0.3) is 16.7 Å². The smallest absolute Gasteiger partial charge is 0.370 e. The van der Waals surface area contributed by atoms with E-state index in [-0.39, 0.29) is 34.6 Å². The fourth-order valence-corrected chi connectivity index (χ4v) is 5.58. The second-order valence-electron chi connectivity index (χ2n) is 15.4. The van der Waals surface area contributed by atoms with Gasteiger partial charge in [-0.3, -0.25) is 9.56 Å². The molecule has 0 aliphatic carbocycles. The molecule has 2 atom stereocenters. The topological polar surface area (TPSA) is 153 Å². The number of nitrogens with one attached hydrogen (secondary N) is 2. The number of aliphatic imine (C=N–C) groups is 1. The van der Waals surface area contributed by atoms with Crippen LogP contribution in [0.1, 0.15) is 108 Å². The summed E-state index contributed by atoms with van der Waals surface area (Å²) in [6, 6.07) is 14.6. The quantitative estimate of drug-likeness (QED) is 0.0416. The molecular weight excluding hydrogens is 665 g/mol. The van der Waals surface area contributed by atoms with Gasteiger partial charge in [-0.1, -0.05) is 65.8 Å². The molecule has 2 heterocycles. The van der Waals surface area contributed by atoms with Crippen molar-refractivity contribution >= 4 is 17.0 Å². The van der Waals surface area contributed by atoms with E-state index in [1.807, 2.05) is 70.3 Å². The van der Waals surface area contributed by atoms with E-state index in [0.29, 0.717) is 18.6 Å². The number of hydrogen-bond donors (Lipinski definition) is 5. The molecule has 2 aromatic heterocycles. The van der Waals surface area contributed by atoms with Crippen LogP contribution in [0.15, 0.2) is 77.2 Å². The Bertz CT molecular complexity index is 1810. The second-order valence-corrected chi connectivity index (χ2v) is 15.4. The first-order chi connectivity index (χ1) is 24.2. The summed E-state index contributed by atoms with van der Waals surface area (Å²) in [7, 11) is 0. The zero-order valence-corrected chi connectivity index (χ0v) is 31.7. The predicted octanol–water partition coefficient (Wildman–Crippen LogP) is 7.55. The number of nitrogens with two attached hydrogens (primary N) is 3. The summed E-state index contributed by atoms with van der Waals surface area (Å²) in [4.78, 5) is 24.1. The molecule has 0 spiro atoms. The maximum Gasteiger partial charge on any atom is 0.416 e. The minimum Gasteiger partial charge on any atom is -0.370 e. The Labute approximate surface area is 306 Å². The molecule has 0 radical (unpaired) electrons. The number of alkyl halides is 3. The SMILES string of the molecule is C=CC[C@H](NCCCN=C(N)N)c1ccc(-n2cc3cc(C(C)(C)C)[nH]c3nc2=O)cc1.C[C@H](N)CCCc1cc(C(C)(C)C)cc(C(F)(F)F)c1. The molecule has 8 N–H and O–H groups in total. The maximum atomic E-state index is 13.0. The van der Waals surface area contributed by atoms with E-state index >= 15 is 0 Å². The average Bonchev–Trinajstić information content (AvgIpc) is 3.47. The first-order valence-electron chi connectivity index (χ1n) is 17.8. The summed E-state index contributed by atoms with van der Waals surface area (Å²) in [6.07, 6.45) is 3.32. The molecule has 52 heavy (non-hydrogen) atoms. The van der Waals surface area contributed by atoms with Crippen LogP contribution in [0.4, 0.5) is 13.2 Å². The van der Waals surface area contributed by atoms with E-state index < -0.39 is 11.7 Å². The monoisotopic (exact) mass is 722 g/mol. The number of guanidine groups is 1. The predicted molar refractivity (Wildman–Crippen MR) is 208 cm³/mol. The van der Waals surface area contributed by atoms with E-state index in [4.69, 9.17) is 17.2 Å². The van der Waals surface area contributed by atoms with Crippen LogP contribution in [0.5, 0.6) is 0 Å². The molecule has 12 heteroatoms. The molecule has 284 valence electrons. The summed E-state index contributed by atoms with van der Waals surface area (Å²) in [5, 5.41) is 4.42. The van der Waals surface area contributed by atoms with Crippen molar-refractivity contribution in [3.8, 4) is 5.69 Å². The normalized spacial score (nSPS) is 13.3. The third kappa shape index (κ3) is 12.7. The van der Waals surface area contributed by atoms with Crippen LogP contribution in [-0.2, 0) is 23.4 Å². The van der Waals surface area contributed by atoms with E-state index in [9.17, 15) is 18.0 Å². The molecule has 0 aliphatic heterocycles. The number of fused-ring (bicyclic) bond motifs is 1. The largest absolute Gasteiger partial charge is 0.416 e. The summed E-state index contributed by atoms with van der Waals surface area (Å²) in [5.74, 6) is 0.111. The Morgan fingerprint density at radius 3 is 2.21 bits per heavy atom. The Kier molecular flexibility index (Phi) is 14.4. The van der Waals surface area contributed by atoms with Crippen LogP contribution in [-0.4, -0.2) is 39.6 Å². The van der Waals surface area contributed by atoms with E-state index in [2.05, 4.69) is 53.7 Å². The molecular formula is C40H57F3N8O. The third-order valence-electron chi connectivity index (χ3n) is 8.62. The number of rotatable bonds is 13. The first kappa shape index (κ1) is 42.0. The first-order valence-corrected chi connectivity index (χ1v) is 17.8. The lowest BCUT2D eigenvalue weighted by Crippen LogP contribution is -2.25. The standard InChI is InChI=1S/C24H33N7O.C16H24F3N/c1-5-7-19(27-12-6-13-28-22(25)26)16-8-10-18(11-9-16)31-15-17-14-20(24(2,3)4)29-21(17)30-23(31)32;1-11(20)6-5-7-12-8-13(15(2,3)4)10-14(9-12)16(17,18)19/h5,8-11,14-15,19,27H,1,6-7,12-13H2,2-4H3,(H4,25,26,28)(H,29,30,32);8-11H,5-7,20H2,1-4H3/t19-;11-/m00/s1. The van der Waals surface area contributed by atoms with Crippen molar-refractivity contribution in [3.05, 3.63) is 106 Å². The van der Waals surface area contributed by atoms with Gasteiger partial charge in [0.25, 0.3) is 0 Å². The van der Waals surface area contributed by atoms with Gasteiger partial charge in [0.2, 0.25) is 0 Å². The number of aromatic amines is 1. The molecule has 0 fully saturated rings. The van der Waals surface area contributed by atoms with Crippen LogP contribution >= 0.6 is 0 Å². The summed E-state index contributed by atoms with van der Waals surface area (Å²) in [6.45, 7) is 19.3. The molecule has 0 unspecified atom stereocenters. The lowest BCUT2D eigenvalue weighted by molar-refractivity contribution is -0.137. The third-order valence-corrected chi connectivity index (χ3v) is 8.62. The Hall–Kier alpha value is -4.42. The van der Waals surface area contributed by atoms with Crippen LogP contribution in [0.3, 0.4) is 0 Å². The minimum absolute atomic E-state index is 0.0489. The molecule has 0 bridgehead atoms. The molecule has 0 saturated heterocycles. The Balaban J connectivity index is 0.000000314. The lowest BCUT2D eigenvalue weighted by atomic mass is 9.84. The van der Waals surface area contributed by atoms with Gasteiger partial charge in [0.1, 0.15) is 5.65 Å². The van der Waals surface area contributed by atoms with Gasteiger partial charge in [0, 0.05) is 41.3 Å². The maximum absolute atomic E-state index is 13.0. The van der Waals surface area contributed by atoms with Gasteiger partial charge in [-0.05, 0) is 98.0 Å². The zero-order valence-electron chi connectivity index (χ0n) is 31.7. The summed E-state index contributed by atoms with van der Waals surface area (Å²) >= 11 is 0. The molecule has 0 aliphatic rings. The average molecular weight is 723 g/mol. The number of aromatic nitrogens is 3. The molecule has 4 rings (SSSR count). The van der Waals surface area contributed by atoms with E-state index in [1.54, 1.807) is 4.57 Å². The van der Waals surface area contributed by atoms with Gasteiger partial charge in [-0.15, -0.1) is 6.58 Å². The van der Waals surface area contributed by atoms with E-state index in [0.717, 1.165) is 65.7 Å². The van der Waals surface area contributed by atoms with Crippen molar-refractivity contribution < 1.29 is 13.2 Å². The van der Waals surface area contributed by atoms with Gasteiger partial charge in [-0.25, -0.2) is 4.79 Å². The number of halogens is 3. The Morgan fingerprint density at radius 1 is 1.00 bits per heavy atom. The van der Waals surface area contributed by atoms with Crippen molar-refractivity contribution in [1.29, 1.82) is 0 Å². The number of hydrogen-bond acceptors (Lipinski definition) is 5. The summed E-state index contributed by atoms with van der Waals surface area (Å²) < 4.78 is 40.5. The van der Waals surface area contributed by atoms with Gasteiger partial charge < -0.3 is 27.5 Å². The zero-order chi connectivity index (χ0) is 38.9. The van der Waals surface area contributed by atoms with Gasteiger partial charge in [-0.2, -0.15) is 18.2 Å². The Morgan fingerprint density at radius 2 is 1.65 bits per heavy atom. The fourth-order valence-electron chi connectivity index (χ4n) is 5.58. The van der Waals surface area contributed by atoms with Crippen LogP contribution in [0.2, 0.25) is 0 Å². The van der Waals surface area contributed by atoms with Crippen molar-refractivity contribution in [2.45, 2.75) is 110 Å². The highest BCUT2D eigenvalue weighted by Crippen LogP contribution is 2.34. The minimum atomic E-state index is -4.29. The van der Waals surface area contributed by atoms with Crippen molar-refractivity contribution in [2.24, 2.45) is 22.2 Å². The van der Waals surface area contributed by atoms with Crippen LogP contribution < -0.4 is 28.2 Å². The number of aryl methyl sites for hydroxylation is 1. The highest BCUT2D eigenvalue weighted by molar-refractivity contribution is 5.76. The molecule has 9 nitrogen and oxygen atoms in total. The van der Waals surface area contributed by atoms with Gasteiger partial charge in [0.15, 0.2) is 5.96 Å². The number of nitrogens with zero attached hydrogens (tertiary/aromatic N) is 3. The lowest BCUT2D eigenvalue weighted by Gasteiger charge is -2.22. The van der Waals surface area contributed by atoms with Crippen molar-refractivity contribution in [1.82, 2.24) is 19.9 Å². The number of H-pyrrole nitrogens is 1. The van der Waals surface area contributed by atoms with E-state index in [1.165, 1.54) is 12.1 Å². The highest BCUT2D eigenvalue weighted by Gasteiger charge is 2.32. The van der Waals surface area contributed by atoms with Crippen LogP contribution in [0, 0.1) is 0 Å². The molecule has 2 aromatic carbocycles. The molecule has 0 amide bonds. The number of benzene rings is 2. The highest BCUT2D eigenvalue weighted by atomic mass is 19.4. The fraction of sp³-hybridized carbons (Fsp3) is 0.475. The van der Waals surface area contributed by atoms with Crippen molar-refractivity contribution in [3.63, 3.8) is 0 Å². The summed E-state index contributed by atoms with van der Waals surface area (Å²) in [5.41, 5.74) is 20.2. The van der Waals surface area contributed by atoms with Gasteiger partial charge in [0.05, 0.1) is 11.3 Å². The molecule has 4 aromatic rings. The van der Waals surface area contributed by atoms with Crippen molar-refractivity contribution in [2.75, 3.05) is 13.1 Å². The second kappa shape index (κ2) is 17.9. The van der Waals surface area contributed by atoms with Gasteiger partial charge >= 0.3 is 11.9 Å². The molecule has 0 saturated carbocycles.